The van der Waals surface area contributed by atoms with Gasteiger partial charge in [-0.25, -0.2) is 4.39 Å². The quantitative estimate of drug-likeness (QED) is 0.645. The van der Waals surface area contributed by atoms with Crippen LogP contribution in [0.25, 0.3) is 0 Å². The second kappa shape index (κ2) is 8.56. The lowest BCUT2D eigenvalue weighted by atomic mass is 10.2. The lowest BCUT2D eigenvalue weighted by molar-refractivity contribution is -0.112. The van der Waals surface area contributed by atoms with Gasteiger partial charge in [0.1, 0.15) is 17.5 Å². The Bertz CT molecular complexity index is 901. The highest BCUT2D eigenvalue weighted by atomic mass is 35.5. The Morgan fingerprint density at radius 3 is 2.44 bits per heavy atom. The molecule has 27 heavy (non-hydrogen) atoms. The summed E-state index contributed by atoms with van der Waals surface area (Å²) in [5.41, 5.74) is 1.02. The fourth-order valence-corrected chi connectivity index (χ4v) is 3.06. The van der Waals surface area contributed by atoms with Crippen molar-refractivity contribution in [2.24, 2.45) is 0 Å². The van der Waals surface area contributed by atoms with Crippen molar-refractivity contribution in [3.8, 4) is 6.07 Å². The molecule has 1 N–H and O–H groups in total. The fraction of sp³-hybridized carbons (Fsp3) is 0.200. The topological polar surface area (TPSA) is 59.4 Å². The van der Waals surface area contributed by atoms with E-state index in [-0.39, 0.29) is 11.4 Å². The predicted molar refractivity (Wildman–Crippen MR) is 104 cm³/mol. The van der Waals surface area contributed by atoms with Crippen LogP contribution in [0.2, 0.25) is 5.02 Å². The number of carbonyl (C=O) groups excluding carboxylic acids is 1. The number of para-hydroxylation sites is 2. The zero-order chi connectivity index (χ0) is 19.2. The van der Waals surface area contributed by atoms with E-state index in [1.165, 1.54) is 6.07 Å². The molecule has 0 atom stereocenters. The van der Waals surface area contributed by atoms with Crippen molar-refractivity contribution in [3.05, 3.63) is 71.1 Å². The van der Waals surface area contributed by atoms with Crippen molar-refractivity contribution in [3.63, 3.8) is 0 Å². The van der Waals surface area contributed by atoms with Crippen LogP contribution in [0.3, 0.4) is 0 Å². The number of hydrogen-bond acceptors (Lipinski definition) is 4. The lowest BCUT2D eigenvalue weighted by Crippen LogP contribution is -2.44. The van der Waals surface area contributed by atoms with Gasteiger partial charge in [0.2, 0.25) is 0 Å². The largest absolute Gasteiger partial charge is 0.373 e. The van der Waals surface area contributed by atoms with E-state index in [1.807, 2.05) is 15.9 Å². The molecule has 2 aromatic carbocycles. The van der Waals surface area contributed by atoms with Crippen molar-refractivity contribution in [2.45, 2.75) is 0 Å². The lowest BCUT2D eigenvalue weighted by Gasteiger charge is -2.35. The normalized spacial score (nSPS) is 14.6. The van der Waals surface area contributed by atoms with Crippen LogP contribution >= 0.6 is 11.6 Å². The molecule has 0 saturated carbocycles. The van der Waals surface area contributed by atoms with Gasteiger partial charge in [0.15, 0.2) is 0 Å². The fourth-order valence-electron chi connectivity index (χ4n) is 2.87. The maximum Gasteiger partial charge on any atom is 0.267 e. The smallest absolute Gasteiger partial charge is 0.267 e. The number of rotatable bonds is 4. The first kappa shape index (κ1) is 18.7. The van der Waals surface area contributed by atoms with Crippen LogP contribution in [0.5, 0.6) is 0 Å². The monoisotopic (exact) mass is 384 g/mol. The molecule has 1 heterocycles. The SMILES string of the molecule is N#C/C(=C/N1CCN(c2ccccc2F)CC1)C(=O)Nc1ccccc1Cl. The predicted octanol–water partition coefficient (Wildman–Crippen LogP) is 3.65. The molecule has 0 bridgehead atoms. The number of hydrogen-bond donors (Lipinski definition) is 1. The molecule has 0 unspecified atom stereocenters. The highest BCUT2D eigenvalue weighted by Gasteiger charge is 2.19. The van der Waals surface area contributed by atoms with E-state index in [0.29, 0.717) is 42.6 Å². The standard InChI is InChI=1S/C20H18ClFN4O/c21-16-5-1-3-7-18(16)24-20(27)15(13-23)14-25-9-11-26(12-10-25)19-8-4-2-6-17(19)22/h1-8,14H,9-12H2,(H,24,27)/b15-14-. The summed E-state index contributed by atoms with van der Waals surface area (Å²) in [4.78, 5) is 16.2. The second-order valence-corrected chi connectivity index (χ2v) is 6.47. The van der Waals surface area contributed by atoms with E-state index in [1.54, 1.807) is 48.7 Å². The molecule has 0 aromatic heterocycles. The average molecular weight is 385 g/mol. The molecule has 0 radical (unpaired) electrons. The summed E-state index contributed by atoms with van der Waals surface area (Å²) >= 11 is 6.03. The van der Waals surface area contributed by atoms with Gasteiger partial charge in [0, 0.05) is 32.4 Å². The molecular weight excluding hydrogens is 367 g/mol. The van der Waals surface area contributed by atoms with Gasteiger partial charge in [-0.15, -0.1) is 0 Å². The summed E-state index contributed by atoms with van der Waals surface area (Å²) in [6.45, 7) is 2.36. The molecule has 0 spiro atoms. The van der Waals surface area contributed by atoms with Gasteiger partial charge >= 0.3 is 0 Å². The second-order valence-electron chi connectivity index (χ2n) is 6.06. The van der Waals surface area contributed by atoms with E-state index in [0.717, 1.165) is 0 Å². The van der Waals surface area contributed by atoms with Crippen molar-refractivity contribution < 1.29 is 9.18 Å². The minimum atomic E-state index is -0.512. The van der Waals surface area contributed by atoms with Crippen LogP contribution in [0.15, 0.2) is 60.3 Å². The number of benzene rings is 2. The molecular formula is C20H18ClFN4O. The van der Waals surface area contributed by atoms with Crippen molar-refractivity contribution in [2.75, 3.05) is 36.4 Å². The van der Waals surface area contributed by atoms with Gasteiger partial charge in [-0.05, 0) is 24.3 Å². The highest BCUT2D eigenvalue weighted by molar-refractivity contribution is 6.33. The minimum absolute atomic E-state index is 0.00531. The molecule has 138 valence electrons. The van der Waals surface area contributed by atoms with Crippen molar-refractivity contribution in [1.29, 1.82) is 5.26 Å². The number of nitrogens with zero attached hydrogens (tertiary/aromatic N) is 3. The molecule has 1 saturated heterocycles. The van der Waals surface area contributed by atoms with Crippen LogP contribution in [0.1, 0.15) is 0 Å². The summed E-state index contributed by atoms with van der Waals surface area (Å²) in [5.74, 6) is -0.763. The van der Waals surface area contributed by atoms with Crippen LogP contribution in [0.4, 0.5) is 15.8 Å². The van der Waals surface area contributed by atoms with E-state index in [2.05, 4.69) is 5.32 Å². The maximum absolute atomic E-state index is 13.9. The first-order valence-electron chi connectivity index (χ1n) is 8.50. The van der Waals surface area contributed by atoms with Gasteiger partial charge in [0.25, 0.3) is 5.91 Å². The number of carbonyl (C=O) groups is 1. The first-order valence-corrected chi connectivity index (χ1v) is 8.87. The molecule has 1 amide bonds. The van der Waals surface area contributed by atoms with Gasteiger partial charge in [0.05, 0.1) is 16.4 Å². The Balaban J connectivity index is 1.64. The van der Waals surface area contributed by atoms with Crippen LogP contribution < -0.4 is 10.2 Å². The Labute approximate surface area is 162 Å². The third-order valence-electron chi connectivity index (χ3n) is 4.31. The Morgan fingerprint density at radius 2 is 1.78 bits per heavy atom. The van der Waals surface area contributed by atoms with E-state index < -0.39 is 5.91 Å². The molecule has 1 aliphatic rings. The minimum Gasteiger partial charge on any atom is -0.373 e. The van der Waals surface area contributed by atoms with Crippen LogP contribution in [-0.4, -0.2) is 37.0 Å². The van der Waals surface area contributed by atoms with Crippen LogP contribution in [0, 0.1) is 17.1 Å². The molecule has 3 rings (SSSR count). The Morgan fingerprint density at radius 1 is 1.11 bits per heavy atom. The van der Waals surface area contributed by atoms with Crippen molar-refractivity contribution in [1.82, 2.24) is 4.90 Å². The molecule has 5 nitrogen and oxygen atoms in total. The first-order chi connectivity index (χ1) is 13.1. The number of piperazine rings is 1. The summed E-state index contributed by atoms with van der Waals surface area (Å²) in [6.07, 6.45) is 1.55. The third-order valence-corrected chi connectivity index (χ3v) is 4.64. The summed E-state index contributed by atoms with van der Waals surface area (Å²) < 4.78 is 13.9. The van der Waals surface area contributed by atoms with Gasteiger partial charge in [-0.1, -0.05) is 35.9 Å². The number of amides is 1. The summed E-state index contributed by atoms with van der Waals surface area (Å²) in [5, 5.41) is 12.4. The van der Waals surface area contributed by atoms with E-state index >= 15 is 0 Å². The van der Waals surface area contributed by atoms with E-state index in [4.69, 9.17) is 11.6 Å². The Kier molecular flexibility index (Phi) is 5.94. The third kappa shape index (κ3) is 4.57. The zero-order valence-electron chi connectivity index (χ0n) is 14.5. The molecule has 2 aromatic rings. The number of nitrogens with one attached hydrogen (secondary N) is 1. The average Bonchev–Trinajstić information content (AvgIpc) is 2.69. The zero-order valence-corrected chi connectivity index (χ0v) is 15.3. The van der Waals surface area contributed by atoms with Gasteiger partial charge < -0.3 is 15.1 Å². The van der Waals surface area contributed by atoms with E-state index in [9.17, 15) is 14.4 Å². The number of halogens is 2. The molecule has 0 aliphatic carbocycles. The summed E-state index contributed by atoms with van der Waals surface area (Å²) in [6, 6.07) is 15.4. The Hall–Kier alpha value is -3.04. The van der Waals surface area contributed by atoms with Crippen LogP contribution in [-0.2, 0) is 4.79 Å². The number of anilines is 2. The highest BCUT2D eigenvalue weighted by Crippen LogP contribution is 2.22. The number of nitriles is 1. The summed E-state index contributed by atoms with van der Waals surface area (Å²) in [7, 11) is 0. The molecule has 1 aliphatic heterocycles. The molecule has 1 fully saturated rings. The maximum atomic E-state index is 13.9. The molecule has 7 heteroatoms. The van der Waals surface area contributed by atoms with Gasteiger partial charge in [-0.2, -0.15) is 5.26 Å². The van der Waals surface area contributed by atoms with Gasteiger partial charge in [-0.3, -0.25) is 4.79 Å². The van der Waals surface area contributed by atoms with Crippen molar-refractivity contribution >= 4 is 28.9 Å².